The summed E-state index contributed by atoms with van der Waals surface area (Å²) in [5.41, 5.74) is 0.907. The van der Waals surface area contributed by atoms with Gasteiger partial charge in [0.1, 0.15) is 0 Å². The molecular weight excluding hydrogens is 268 g/mol. The summed E-state index contributed by atoms with van der Waals surface area (Å²) in [5, 5.41) is 14.6. The average molecular weight is 280 g/mol. The highest BCUT2D eigenvalue weighted by molar-refractivity contribution is 7.17. The van der Waals surface area contributed by atoms with Crippen molar-refractivity contribution in [2.75, 3.05) is 7.05 Å². The molecule has 7 nitrogen and oxygen atoms in total. The second-order valence-corrected chi connectivity index (χ2v) is 5.14. The van der Waals surface area contributed by atoms with E-state index in [9.17, 15) is 14.9 Å². The van der Waals surface area contributed by atoms with Crippen LogP contribution in [0.4, 0.5) is 5.00 Å². The Morgan fingerprint density at radius 2 is 2.32 bits per heavy atom. The van der Waals surface area contributed by atoms with Crippen molar-refractivity contribution >= 4 is 22.2 Å². The van der Waals surface area contributed by atoms with Crippen LogP contribution < -0.4 is 0 Å². The summed E-state index contributed by atoms with van der Waals surface area (Å²) in [6.07, 6.45) is 3.50. The number of thiophene rings is 1. The van der Waals surface area contributed by atoms with Gasteiger partial charge in [0.25, 0.3) is 5.91 Å². The van der Waals surface area contributed by atoms with E-state index in [-0.39, 0.29) is 10.9 Å². The van der Waals surface area contributed by atoms with E-state index >= 15 is 0 Å². The van der Waals surface area contributed by atoms with Gasteiger partial charge < -0.3 is 4.90 Å². The topological polar surface area (TPSA) is 81.3 Å². The number of carbonyl (C=O) groups excluding carboxylic acids is 1. The highest BCUT2D eigenvalue weighted by Crippen LogP contribution is 2.25. The zero-order valence-corrected chi connectivity index (χ0v) is 11.3. The van der Waals surface area contributed by atoms with Gasteiger partial charge in [-0.2, -0.15) is 5.10 Å². The molecule has 2 rings (SSSR count). The van der Waals surface area contributed by atoms with E-state index in [0.29, 0.717) is 11.4 Å². The quantitative estimate of drug-likeness (QED) is 0.630. The Morgan fingerprint density at radius 1 is 1.58 bits per heavy atom. The summed E-state index contributed by atoms with van der Waals surface area (Å²) in [5.74, 6) is -0.234. The van der Waals surface area contributed by atoms with Crippen molar-refractivity contribution in [1.29, 1.82) is 0 Å². The van der Waals surface area contributed by atoms with E-state index in [1.807, 2.05) is 6.20 Å². The molecule has 2 heterocycles. The molecule has 0 unspecified atom stereocenters. The average Bonchev–Trinajstić information content (AvgIpc) is 2.97. The van der Waals surface area contributed by atoms with Crippen LogP contribution in [0.1, 0.15) is 15.2 Å². The van der Waals surface area contributed by atoms with E-state index < -0.39 is 4.92 Å². The summed E-state index contributed by atoms with van der Waals surface area (Å²) in [4.78, 5) is 24.0. The van der Waals surface area contributed by atoms with Gasteiger partial charge in [-0.1, -0.05) is 11.3 Å². The lowest BCUT2D eigenvalue weighted by atomic mass is 10.3. The Balaban J connectivity index is 2.07. The smallest absolute Gasteiger partial charge is 0.324 e. The Hall–Kier alpha value is -2.22. The number of rotatable bonds is 4. The van der Waals surface area contributed by atoms with Crippen LogP contribution in [0, 0.1) is 10.1 Å². The molecule has 0 atom stereocenters. The highest BCUT2D eigenvalue weighted by Gasteiger charge is 2.18. The van der Waals surface area contributed by atoms with Crippen molar-refractivity contribution in [3.8, 4) is 0 Å². The van der Waals surface area contributed by atoms with E-state index in [2.05, 4.69) is 5.10 Å². The van der Waals surface area contributed by atoms with E-state index in [4.69, 9.17) is 0 Å². The third-order valence-corrected chi connectivity index (χ3v) is 3.53. The predicted octanol–water partition coefficient (Wildman–Crippen LogP) is 1.66. The molecule has 0 bridgehead atoms. The molecule has 0 radical (unpaired) electrons. The minimum Gasteiger partial charge on any atom is -0.337 e. The minimum absolute atomic E-state index is 0.0295. The Labute approximate surface area is 113 Å². The first-order valence-corrected chi connectivity index (χ1v) is 6.26. The summed E-state index contributed by atoms with van der Waals surface area (Å²) in [7, 11) is 3.45. The molecule has 0 saturated heterocycles. The molecule has 8 heteroatoms. The Morgan fingerprint density at radius 3 is 2.84 bits per heavy atom. The number of carbonyl (C=O) groups is 1. The molecule has 0 N–H and O–H groups in total. The van der Waals surface area contributed by atoms with Crippen molar-refractivity contribution in [3.63, 3.8) is 0 Å². The first kappa shape index (κ1) is 13.2. The molecule has 2 aromatic rings. The minimum atomic E-state index is -0.497. The zero-order valence-electron chi connectivity index (χ0n) is 10.4. The SMILES string of the molecule is CN(Cc1cnn(C)c1)C(=O)c1ccc([N+](=O)[O-])s1. The van der Waals surface area contributed by atoms with Crippen molar-refractivity contribution in [1.82, 2.24) is 14.7 Å². The summed E-state index contributed by atoms with van der Waals surface area (Å²) >= 11 is 0.882. The van der Waals surface area contributed by atoms with Crippen LogP contribution in [0.25, 0.3) is 0 Å². The molecule has 100 valence electrons. The first-order chi connectivity index (χ1) is 8.97. The number of amides is 1. The predicted molar refractivity (Wildman–Crippen MR) is 70.0 cm³/mol. The molecule has 2 aromatic heterocycles. The second kappa shape index (κ2) is 5.19. The molecule has 0 spiro atoms. The standard InChI is InChI=1S/C11H12N4O3S/c1-13(6-8-5-12-14(2)7-8)11(16)9-3-4-10(19-9)15(17)18/h3-5,7H,6H2,1-2H3. The molecule has 1 amide bonds. The van der Waals surface area contributed by atoms with Crippen molar-refractivity contribution in [2.45, 2.75) is 6.54 Å². The molecule has 0 saturated carbocycles. The second-order valence-electron chi connectivity index (χ2n) is 4.08. The van der Waals surface area contributed by atoms with Crippen LogP contribution in [0.5, 0.6) is 0 Å². The molecule has 0 aliphatic rings. The summed E-state index contributed by atoms with van der Waals surface area (Å²) in [6, 6.07) is 2.82. The fourth-order valence-corrected chi connectivity index (χ4v) is 2.44. The van der Waals surface area contributed by atoms with Gasteiger partial charge in [0, 0.05) is 38.5 Å². The van der Waals surface area contributed by atoms with Crippen LogP contribution in [0.3, 0.4) is 0 Å². The molecule has 0 aliphatic carbocycles. The lowest BCUT2D eigenvalue weighted by Crippen LogP contribution is -2.25. The van der Waals surface area contributed by atoms with Crippen LogP contribution in [0.15, 0.2) is 24.5 Å². The number of hydrogen-bond acceptors (Lipinski definition) is 5. The number of aryl methyl sites for hydroxylation is 1. The molecular formula is C11H12N4O3S. The van der Waals surface area contributed by atoms with Crippen molar-refractivity contribution < 1.29 is 9.72 Å². The monoisotopic (exact) mass is 280 g/mol. The van der Waals surface area contributed by atoms with Gasteiger partial charge in [-0.05, 0) is 6.07 Å². The van der Waals surface area contributed by atoms with E-state index in [0.717, 1.165) is 16.9 Å². The first-order valence-electron chi connectivity index (χ1n) is 5.44. The maximum Gasteiger partial charge on any atom is 0.324 e. The lowest BCUT2D eigenvalue weighted by Gasteiger charge is -2.14. The Kier molecular flexibility index (Phi) is 3.61. The zero-order chi connectivity index (χ0) is 14.0. The van der Waals surface area contributed by atoms with Crippen molar-refractivity contribution in [2.24, 2.45) is 7.05 Å². The Bertz CT molecular complexity index is 619. The lowest BCUT2D eigenvalue weighted by molar-refractivity contribution is -0.380. The summed E-state index contributed by atoms with van der Waals surface area (Å²) in [6.45, 7) is 0.415. The molecule has 19 heavy (non-hydrogen) atoms. The number of nitrogens with zero attached hydrogens (tertiary/aromatic N) is 4. The van der Waals surface area contributed by atoms with Gasteiger partial charge >= 0.3 is 5.00 Å². The maximum absolute atomic E-state index is 12.1. The number of hydrogen-bond donors (Lipinski definition) is 0. The largest absolute Gasteiger partial charge is 0.337 e. The van der Waals surface area contributed by atoms with Crippen molar-refractivity contribution in [3.05, 3.63) is 45.1 Å². The maximum atomic E-state index is 12.1. The van der Waals surface area contributed by atoms with Gasteiger partial charge in [0.05, 0.1) is 16.0 Å². The third kappa shape index (κ3) is 2.97. The number of aromatic nitrogens is 2. The molecule has 0 fully saturated rings. The van der Waals surface area contributed by atoms with Crippen LogP contribution in [-0.4, -0.2) is 32.6 Å². The highest BCUT2D eigenvalue weighted by atomic mass is 32.1. The fourth-order valence-electron chi connectivity index (χ4n) is 1.63. The third-order valence-electron chi connectivity index (χ3n) is 2.51. The number of nitro groups is 1. The van der Waals surface area contributed by atoms with Gasteiger partial charge in [-0.25, -0.2) is 0 Å². The van der Waals surface area contributed by atoms with E-state index in [1.54, 1.807) is 25.0 Å². The normalized spacial score (nSPS) is 10.4. The van der Waals surface area contributed by atoms with Crippen LogP contribution in [0.2, 0.25) is 0 Å². The molecule has 0 aromatic carbocycles. The van der Waals surface area contributed by atoms with E-state index in [1.165, 1.54) is 17.0 Å². The van der Waals surface area contributed by atoms with Gasteiger partial charge in [-0.3, -0.25) is 19.6 Å². The van der Waals surface area contributed by atoms with Gasteiger partial charge in [0.2, 0.25) is 0 Å². The summed E-state index contributed by atoms with van der Waals surface area (Å²) < 4.78 is 1.66. The van der Waals surface area contributed by atoms with Gasteiger partial charge in [-0.15, -0.1) is 0 Å². The fraction of sp³-hybridized carbons (Fsp3) is 0.273. The molecule has 0 aliphatic heterocycles. The van der Waals surface area contributed by atoms with Gasteiger partial charge in [0.15, 0.2) is 0 Å². The van der Waals surface area contributed by atoms with Crippen LogP contribution in [-0.2, 0) is 13.6 Å². The van der Waals surface area contributed by atoms with Crippen LogP contribution >= 0.6 is 11.3 Å².